The van der Waals surface area contributed by atoms with Crippen LogP contribution < -0.4 is 15.4 Å². The zero-order chi connectivity index (χ0) is 14.3. The van der Waals surface area contributed by atoms with Gasteiger partial charge in [0.2, 0.25) is 0 Å². The molecule has 0 aromatic heterocycles. The van der Waals surface area contributed by atoms with E-state index < -0.39 is 5.54 Å². The SMILES string of the molecule is CCC(N)(C#N)CCCN(C)c1cccc(OC)c1. The predicted octanol–water partition coefficient (Wildman–Crippen LogP) is 2.54. The minimum atomic E-state index is -0.685. The number of anilines is 1. The van der Waals surface area contributed by atoms with Crippen molar-refractivity contribution >= 4 is 5.69 Å². The lowest BCUT2D eigenvalue weighted by Crippen LogP contribution is -2.38. The third kappa shape index (κ3) is 4.46. The van der Waals surface area contributed by atoms with Crippen LogP contribution in [0, 0.1) is 11.3 Å². The number of nitrogens with two attached hydrogens (primary N) is 1. The van der Waals surface area contributed by atoms with E-state index in [1.807, 2.05) is 38.2 Å². The summed E-state index contributed by atoms with van der Waals surface area (Å²) in [4.78, 5) is 2.15. The van der Waals surface area contributed by atoms with E-state index in [-0.39, 0.29) is 0 Å². The van der Waals surface area contributed by atoms with Gasteiger partial charge in [-0.1, -0.05) is 13.0 Å². The first-order valence-corrected chi connectivity index (χ1v) is 6.60. The molecule has 0 amide bonds. The number of ether oxygens (including phenoxy) is 1. The summed E-state index contributed by atoms with van der Waals surface area (Å²) in [6, 6.07) is 10.1. The third-order valence-corrected chi connectivity index (χ3v) is 3.46. The van der Waals surface area contributed by atoms with Crippen molar-refractivity contribution in [1.29, 1.82) is 5.26 Å². The second-order valence-electron chi connectivity index (χ2n) is 4.85. The Bertz CT molecular complexity index is 441. The van der Waals surface area contributed by atoms with Crippen LogP contribution in [0.15, 0.2) is 24.3 Å². The number of hydrogen-bond donors (Lipinski definition) is 1. The lowest BCUT2D eigenvalue weighted by molar-refractivity contribution is 0.414. The van der Waals surface area contributed by atoms with Crippen molar-refractivity contribution < 1.29 is 4.74 Å². The number of nitriles is 1. The molecule has 4 nitrogen and oxygen atoms in total. The Morgan fingerprint density at radius 3 is 2.79 bits per heavy atom. The highest BCUT2D eigenvalue weighted by atomic mass is 16.5. The number of rotatable bonds is 7. The maximum absolute atomic E-state index is 9.03. The Hall–Kier alpha value is -1.73. The molecule has 1 atom stereocenters. The van der Waals surface area contributed by atoms with E-state index in [0.29, 0.717) is 12.8 Å². The highest BCUT2D eigenvalue weighted by Crippen LogP contribution is 2.21. The van der Waals surface area contributed by atoms with E-state index in [4.69, 9.17) is 15.7 Å². The zero-order valence-electron chi connectivity index (χ0n) is 12.0. The summed E-state index contributed by atoms with van der Waals surface area (Å²) in [5.74, 6) is 0.850. The maximum Gasteiger partial charge on any atom is 0.120 e. The monoisotopic (exact) mass is 261 g/mol. The molecule has 0 radical (unpaired) electrons. The van der Waals surface area contributed by atoms with Gasteiger partial charge in [-0.25, -0.2) is 0 Å². The molecule has 0 aliphatic rings. The molecule has 2 N–H and O–H groups in total. The van der Waals surface area contributed by atoms with Gasteiger partial charge in [-0.15, -0.1) is 0 Å². The van der Waals surface area contributed by atoms with Crippen molar-refractivity contribution in [3.63, 3.8) is 0 Å². The Labute approximate surface area is 115 Å². The summed E-state index contributed by atoms with van der Waals surface area (Å²) in [5.41, 5.74) is 6.39. The molecule has 0 saturated carbocycles. The van der Waals surface area contributed by atoms with Crippen LogP contribution in [0.5, 0.6) is 5.75 Å². The fourth-order valence-corrected chi connectivity index (χ4v) is 1.92. The van der Waals surface area contributed by atoms with Crippen LogP contribution in [0.2, 0.25) is 0 Å². The van der Waals surface area contributed by atoms with Gasteiger partial charge < -0.3 is 15.4 Å². The van der Waals surface area contributed by atoms with Crippen LogP contribution in [0.25, 0.3) is 0 Å². The lowest BCUT2D eigenvalue weighted by Gasteiger charge is -2.23. The molecule has 0 aliphatic carbocycles. The standard InChI is InChI=1S/C15H23N3O/c1-4-15(17,12-16)9-6-10-18(2)13-7-5-8-14(11-13)19-3/h5,7-8,11H,4,6,9-10,17H2,1-3H3. The lowest BCUT2D eigenvalue weighted by atomic mass is 9.93. The molecule has 0 fully saturated rings. The zero-order valence-corrected chi connectivity index (χ0v) is 12.0. The summed E-state index contributed by atoms with van der Waals surface area (Å²) in [6.07, 6.45) is 2.30. The molecule has 19 heavy (non-hydrogen) atoms. The van der Waals surface area contributed by atoms with Crippen molar-refractivity contribution in [2.45, 2.75) is 31.7 Å². The van der Waals surface area contributed by atoms with Crippen molar-refractivity contribution in [3.8, 4) is 11.8 Å². The Morgan fingerprint density at radius 1 is 1.47 bits per heavy atom. The molecular weight excluding hydrogens is 238 g/mol. The molecule has 1 aromatic rings. The first-order chi connectivity index (χ1) is 9.04. The van der Waals surface area contributed by atoms with Crippen molar-refractivity contribution in [2.24, 2.45) is 5.73 Å². The van der Waals surface area contributed by atoms with Crippen LogP contribution in [-0.2, 0) is 0 Å². The molecule has 0 heterocycles. The second kappa shape index (κ2) is 7.01. The fourth-order valence-electron chi connectivity index (χ4n) is 1.92. The number of methoxy groups -OCH3 is 1. The smallest absolute Gasteiger partial charge is 0.120 e. The van der Waals surface area contributed by atoms with E-state index in [2.05, 4.69) is 11.0 Å². The highest BCUT2D eigenvalue weighted by Gasteiger charge is 2.21. The van der Waals surface area contributed by atoms with Gasteiger partial charge in [0.05, 0.1) is 13.2 Å². The van der Waals surface area contributed by atoms with E-state index in [1.54, 1.807) is 7.11 Å². The molecule has 0 bridgehead atoms. The quantitative estimate of drug-likeness (QED) is 0.819. The van der Waals surface area contributed by atoms with Gasteiger partial charge in [-0.2, -0.15) is 5.26 Å². The van der Waals surface area contributed by atoms with Gasteiger partial charge in [-0.3, -0.25) is 0 Å². The van der Waals surface area contributed by atoms with E-state index in [0.717, 1.165) is 24.4 Å². The van der Waals surface area contributed by atoms with Gasteiger partial charge in [0.1, 0.15) is 11.3 Å². The van der Waals surface area contributed by atoms with Gasteiger partial charge in [0.25, 0.3) is 0 Å². The number of nitrogens with zero attached hydrogens (tertiary/aromatic N) is 2. The van der Waals surface area contributed by atoms with Crippen LogP contribution >= 0.6 is 0 Å². The Balaban J connectivity index is 2.51. The van der Waals surface area contributed by atoms with E-state index in [9.17, 15) is 0 Å². The van der Waals surface area contributed by atoms with Gasteiger partial charge in [-0.05, 0) is 31.4 Å². The summed E-state index contributed by atoms with van der Waals surface area (Å²) >= 11 is 0. The van der Waals surface area contributed by atoms with Crippen molar-refractivity contribution in [2.75, 3.05) is 25.6 Å². The van der Waals surface area contributed by atoms with Gasteiger partial charge in [0.15, 0.2) is 0 Å². The molecular formula is C15H23N3O. The van der Waals surface area contributed by atoms with Crippen molar-refractivity contribution in [1.82, 2.24) is 0 Å². The first kappa shape index (κ1) is 15.3. The maximum atomic E-state index is 9.03. The first-order valence-electron chi connectivity index (χ1n) is 6.60. The molecule has 4 heteroatoms. The Kier molecular flexibility index (Phi) is 5.65. The van der Waals surface area contributed by atoms with Crippen LogP contribution in [-0.4, -0.2) is 26.2 Å². The van der Waals surface area contributed by atoms with Crippen LogP contribution in [0.4, 0.5) is 5.69 Å². The largest absolute Gasteiger partial charge is 0.497 e. The molecule has 0 aliphatic heterocycles. The summed E-state index contributed by atoms with van der Waals surface area (Å²) in [5, 5.41) is 9.03. The summed E-state index contributed by atoms with van der Waals surface area (Å²) in [6.45, 7) is 2.82. The number of hydrogen-bond acceptors (Lipinski definition) is 4. The van der Waals surface area contributed by atoms with Gasteiger partial charge in [0, 0.05) is 25.3 Å². The number of benzene rings is 1. The topological polar surface area (TPSA) is 62.3 Å². The molecule has 1 unspecified atom stereocenters. The normalized spacial score (nSPS) is 13.4. The average Bonchev–Trinajstić information content (AvgIpc) is 2.46. The third-order valence-electron chi connectivity index (χ3n) is 3.46. The van der Waals surface area contributed by atoms with Crippen LogP contribution in [0.3, 0.4) is 0 Å². The Morgan fingerprint density at radius 2 is 2.21 bits per heavy atom. The molecule has 1 rings (SSSR count). The predicted molar refractivity (Wildman–Crippen MR) is 78.3 cm³/mol. The van der Waals surface area contributed by atoms with Crippen LogP contribution in [0.1, 0.15) is 26.2 Å². The van der Waals surface area contributed by atoms with E-state index >= 15 is 0 Å². The second-order valence-corrected chi connectivity index (χ2v) is 4.85. The highest BCUT2D eigenvalue weighted by molar-refractivity contribution is 5.49. The molecule has 0 spiro atoms. The van der Waals surface area contributed by atoms with Gasteiger partial charge >= 0.3 is 0 Å². The minimum Gasteiger partial charge on any atom is -0.497 e. The molecule has 0 saturated heterocycles. The van der Waals surface area contributed by atoms with E-state index in [1.165, 1.54) is 0 Å². The summed E-state index contributed by atoms with van der Waals surface area (Å²) in [7, 11) is 3.70. The van der Waals surface area contributed by atoms with Crippen molar-refractivity contribution in [3.05, 3.63) is 24.3 Å². The fraction of sp³-hybridized carbons (Fsp3) is 0.533. The molecule has 1 aromatic carbocycles. The summed E-state index contributed by atoms with van der Waals surface area (Å²) < 4.78 is 5.21. The molecule has 104 valence electrons. The average molecular weight is 261 g/mol. The minimum absolute atomic E-state index is 0.685.